The Labute approximate surface area is 138 Å². The van der Waals surface area contributed by atoms with Crippen LogP contribution in [0.1, 0.15) is 29.6 Å². The van der Waals surface area contributed by atoms with Gasteiger partial charge in [-0.05, 0) is 64.2 Å². The van der Waals surface area contributed by atoms with E-state index < -0.39 is 10.0 Å². The normalized spacial score (nSPS) is 15.3. The summed E-state index contributed by atoms with van der Waals surface area (Å²) >= 11 is 0. The number of rotatable bonds is 7. The first-order valence-corrected chi connectivity index (χ1v) is 9.42. The van der Waals surface area contributed by atoms with E-state index in [-0.39, 0.29) is 10.8 Å². The van der Waals surface area contributed by atoms with Crippen molar-refractivity contribution in [3.05, 3.63) is 29.8 Å². The molecule has 1 aliphatic heterocycles. The van der Waals surface area contributed by atoms with Crippen LogP contribution in [0.2, 0.25) is 0 Å². The summed E-state index contributed by atoms with van der Waals surface area (Å²) in [6, 6.07) is 6.18. The van der Waals surface area contributed by atoms with Crippen molar-refractivity contribution in [1.29, 1.82) is 0 Å². The Hall–Kier alpha value is -1.44. The van der Waals surface area contributed by atoms with E-state index in [0.29, 0.717) is 12.1 Å². The van der Waals surface area contributed by atoms with Crippen molar-refractivity contribution in [2.45, 2.75) is 24.2 Å². The summed E-state index contributed by atoms with van der Waals surface area (Å²) < 4.78 is 27.0. The Morgan fingerprint density at radius 3 is 2.35 bits per heavy atom. The van der Waals surface area contributed by atoms with Crippen molar-refractivity contribution in [2.24, 2.45) is 0 Å². The van der Waals surface area contributed by atoms with Gasteiger partial charge in [0, 0.05) is 25.2 Å². The molecule has 2 rings (SSSR count). The van der Waals surface area contributed by atoms with Gasteiger partial charge >= 0.3 is 0 Å². The number of nitrogens with zero attached hydrogens (tertiary/aromatic N) is 2. The Balaban J connectivity index is 1.96. The van der Waals surface area contributed by atoms with Crippen molar-refractivity contribution < 1.29 is 13.2 Å². The summed E-state index contributed by atoms with van der Waals surface area (Å²) in [5.41, 5.74) is 0.540. The maximum absolute atomic E-state index is 12.2. The summed E-state index contributed by atoms with van der Waals surface area (Å²) in [5.74, 6) is -0.0228. The minimum atomic E-state index is -3.51. The maximum Gasteiger partial charge on any atom is 0.253 e. The van der Waals surface area contributed by atoms with Crippen molar-refractivity contribution in [3.8, 4) is 0 Å². The molecule has 0 bridgehead atoms. The number of amides is 1. The van der Waals surface area contributed by atoms with E-state index in [2.05, 4.69) is 4.72 Å². The van der Waals surface area contributed by atoms with Gasteiger partial charge in [-0.1, -0.05) is 0 Å². The highest BCUT2D eigenvalue weighted by Crippen LogP contribution is 2.15. The first-order chi connectivity index (χ1) is 10.9. The molecule has 128 valence electrons. The fraction of sp³-hybridized carbons (Fsp3) is 0.562. The van der Waals surface area contributed by atoms with Crippen LogP contribution in [0, 0.1) is 0 Å². The molecule has 0 spiro atoms. The van der Waals surface area contributed by atoms with Gasteiger partial charge in [0.05, 0.1) is 4.90 Å². The van der Waals surface area contributed by atoms with E-state index in [1.807, 2.05) is 23.9 Å². The Morgan fingerprint density at radius 2 is 1.78 bits per heavy atom. The van der Waals surface area contributed by atoms with Gasteiger partial charge in [0.15, 0.2) is 0 Å². The molecule has 6 nitrogen and oxygen atoms in total. The third-order valence-corrected chi connectivity index (χ3v) is 5.36. The smallest absolute Gasteiger partial charge is 0.253 e. The van der Waals surface area contributed by atoms with Crippen LogP contribution in [-0.4, -0.2) is 64.4 Å². The van der Waals surface area contributed by atoms with E-state index in [1.165, 1.54) is 12.1 Å². The zero-order valence-electron chi connectivity index (χ0n) is 13.8. The van der Waals surface area contributed by atoms with Crippen LogP contribution < -0.4 is 4.72 Å². The van der Waals surface area contributed by atoms with Crippen molar-refractivity contribution in [1.82, 2.24) is 14.5 Å². The summed E-state index contributed by atoms with van der Waals surface area (Å²) in [5, 5.41) is 0. The summed E-state index contributed by atoms with van der Waals surface area (Å²) in [7, 11) is 0.385. The van der Waals surface area contributed by atoms with Crippen LogP contribution in [0.4, 0.5) is 0 Å². The quantitative estimate of drug-likeness (QED) is 0.757. The van der Waals surface area contributed by atoms with Crippen LogP contribution in [-0.2, 0) is 10.0 Å². The van der Waals surface area contributed by atoms with Gasteiger partial charge in [-0.15, -0.1) is 0 Å². The van der Waals surface area contributed by atoms with E-state index in [1.54, 1.807) is 12.1 Å². The average Bonchev–Trinajstić information content (AvgIpc) is 3.05. The second-order valence-corrected chi connectivity index (χ2v) is 7.85. The van der Waals surface area contributed by atoms with Crippen LogP contribution >= 0.6 is 0 Å². The first kappa shape index (κ1) is 17.9. The number of hydrogen-bond acceptors (Lipinski definition) is 4. The van der Waals surface area contributed by atoms with Gasteiger partial charge in [0.1, 0.15) is 0 Å². The molecule has 23 heavy (non-hydrogen) atoms. The number of hydrogen-bond donors (Lipinski definition) is 1. The molecule has 1 N–H and O–H groups in total. The SMILES string of the molecule is CN(C)CCCNS(=O)(=O)c1ccc(C(=O)N2CCCC2)cc1. The minimum Gasteiger partial charge on any atom is -0.339 e. The van der Waals surface area contributed by atoms with E-state index in [9.17, 15) is 13.2 Å². The number of benzene rings is 1. The third-order valence-electron chi connectivity index (χ3n) is 3.88. The van der Waals surface area contributed by atoms with Crippen LogP contribution in [0.3, 0.4) is 0 Å². The fourth-order valence-corrected chi connectivity index (χ4v) is 3.64. The van der Waals surface area contributed by atoms with Crippen molar-refractivity contribution in [3.63, 3.8) is 0 Å². The molecular weight excluding hydrogens is 314 g/mol. The minimum absolute atomic E-state index is 0.0228. The zero-order chi connectivity index (χ0) is 16.9. The van der Waals surface area contributed by atoms with Gasteiger partial charge in [-0.3, -0.25) is 4.79 Å². The molecule has 1 amide bonds. The van der Waals surface area contributed by atoms with Gasteiger partial charge in [0.25, 0.3) is 5.91 Å². The lowest BCUT2D eigenvalue weighted by Crippen LogP contribution is -2.28. The summed E-state index contributed by atoms with van der Waals surface area (Å²) in [6.45, 7) is 2.79. The molecule has 0 aromatic heterocycles. The molecule has 7 heteroatoms. The molecule has 1 aliphatic rings. The predicted molar refractivity (Wildman–Crippen MR) is 89.9 cm³/mol. The summed E-state index contributed by atoms with van der Waals surface area (Å²) in [4.78, 5) is 16.2. The Kier molecular flexibility index (Phi) is 6.15. The third kappa shape index (κ3) is 5.02. The highest BCUT2D eigenvalue weighted by atomic mass is 32.2. The highest BCUT2D eigenvalue weighted by Gasteiger charge is 2.20. The molecule has 1 fully saturated rings. The Bertz CT molecular complexity index is 620. The monoisotopic (exact) mass is 339 g/mol. The van der Waals surface area contributed by atoms with E-state index in [0.717, 1.165) is 38.9 Å². The highest BCUT2D eigenvalue weighted by molar-refractivity contribution is 7.89. The molecule has 0 aliphatic carbocycles. The molecule has 0 saturated carbocycles. The van der Waals surface area contributed by atoms with Crippen LogP contribution in [0.5, 0.6) is 0 Å². The maximum atomic E-state index is 12.2. The van der Waals surface area contributed by atoms with Crippen LogP contribution in [0.25, 0.3) is 0 Å². The first-order valence-electron chi connectivity index (χ1n) is 7.94. The molecular formula is C16H25N3O3S. The van der Waals surface area contributed by atoms with Crippen molar-refractivity contribution >= 4 is 15.9 Å². The molecule has 0 unspecified atom stereocenters. The van der Waals surface area contributed by atoms with Crippen LogP contribution in [0.15, 0.2) is 29.2 Å². The predicted octanol–water partition coefficient (Wildman–Crippen LogP) is 1.15. The number of nitrogens with one attached hydrogen (secondary N) is 1. The molecule has 1 aromatic carbocycles. The van der Waals surface area contributed by atoms with Gasteiger partial charge in [-0.25, -0.2) is 13.1 Å². The fourth-order valence-electron chi connectivity index (χ4n) is 2.56. The van der Waals surface area contributed by atoms with E-state index in [4.69, 9.17) is 0 Å². The second-order valence-electron chi connectivity index (χ2n) is 6.08. The van der Waals surface area contributed by atoms with Gasteiger partial charge in [-0.2, -0.15) is 0 Å². The molecule has 1 aromatic rings. The van der Waals surface area contributed by atoms with Crippen molar-refractivity contribution in [2.75, 3.05) is 40.3 Å². The lowest BCUT2D eigenvalue weighted by molar-refractivity contribution is 0.0792. The lowest BCUT2D eigenvalue weighted by Gasteiger charge is -2.15. The largest absolute Gasteiger partial charge is 0.339 e. The number of sulfonamides is 1. The molecule has 0 radical (unpaired) electrons. The standard InChI is InChI=1S/C16H25N3O3S/c1-18(2)11-5-10-17-23(21,22)15-8-6-14(7-9-15)16(20)19-12-3-4-13-19/h6-9,17H,3-5,10-13H2,1-2H3. The van der Waals surface area contributed by atoms with E-state index >= 15 is 0 Å². The number of carbonyl (C=O) groups is 1. The number of carbonyl (C=O) groups excluding carboxylic acids is 1. The molecule has 1 saturated heterocycles. The van der Waals surface area contributed by atoms with Gasteiger partial charge in [0.2, 0.25) is 10.0 Å². The molecule has 0 atom stereocenters. The number of likely N-dealkylation sites (tertiary alicyclic amines) is 1. The Morgan fingerprint density at radius 1 is 1.17 bits per heavy atom. The topological polar surface area (TPSA) is 69.7 Å². The summed E-state index contributed by atoms with van der Waals surface area (Å²) in [6.07, 6.45) is 2.82. The second kappa shape index (κ2) is 7.90. The zero-order valence-corrected chi connectivity index (χ0v) is 14.6. The molecule has 1 heterocycles. The average molecular weight is 339 g/mol. The van der Waals surface area contributed by atoms with Gasteiger partial charge < -0.3 is 9.80 Å². The lowest BCUT2D eigenvalue weighted by atomic mass is 10.2.